The van der Waals surface area contributed by atoms with Crippen LogP contribution in [0.1, 0.15) is 17.7 Å². The lowest BCUT2D eigenvalue weighted by atomic mass is 10.2. The van der Waals surface area contributed by atoms with Crippen LogP contribution in [0.15, 0.2) is 10.9 Å². The number of hydrogen-bond acceptors (Lipinski definition) is 1. The molecule has 2 nitrogen and oxygen atoms in total. The van der Waals surface area contributed by atoms with Gasteiger partial charge in [-0.05, 0) is 28.7 Å². The van der Waals surface area contributed by atoms with Crippen molar-refractivity contribution in [2.75, 3.05) is 0 Å². The SMILES string of the molecule is O=c1[nH]c(C(F)(F)F)c(C(F)F)cc1I. The Labute approximate surface area is 93.6 Å². The van der Waals surface area contributed by atoms with Crippen molar-refractivity contribution >= 4 is 22.6 Å². The molecular formula is C7H3F5INO. The molecule has 8 heteroatoms. The number of hydrogen-bond donors (Lipinski definition) is 1. The average molecular weight is 339 g/mol. The number of H-pyrrole nitrogens is 1. The van der Waals surface area contributed by atoms with Crippen molar-refractivity contribution in [3.05, 3.63) is 31.2 Å². The molecule has 0 saturated carbocycles. The van der Waals surface area contributed by atoms with Gasteiger partial charge in [0, 0.05) is 5.56 Å². The first-order valence-electron chi connectivity index (χ1n) is 3.51. The standard InChI is InChI=1S/C7H3F5INO/c8-5(9)2-1-3(13)6(15)14-4(2)7(10,11)12/h1,5H,(H,14,15). The van der Waals surface area contributed by atoms with Crippen LogP contribution in [0.4, 0.5) is 22.0 Å². The van der Waals surface area contributed by atoms with Gasteiger partial charge < -0.3 is 4.98 Å². The van der Waals surface area contributed by atoms with Crippen LogP contribution in [0, 0.1) is 3.57 Å². The highest BCUT2D eigenvalue weighted by molar-refractivity contribution is 14.1. The molecule has 0 radical (unpaired) electrons. The van der Waals surface area contributed by atoms with Gasteiger partial charge in [-0.25, -0.2) is 8.78 Å². The quantitative estimate of drug-likeness (QED) is 0.619. The van der Waals surface area contributed by atoms with Gasteiger partial charge >= 0.3 is 6.18 Å². The van der Waals surface area contributed by atoms with Gasteiger partial charge in [0.2, 0.25) is 0 Å². The molecule has 1 N–H and O–H groups in total. The molecule has 0 aliphatic rings. The second-order valence-corrected chi connectivity index (χ2v) is 3.74. The molecule has 0 aliphatic heterocycles. The van der Waals surface area contributed by atoms with Gasteiger partial charge in [-0.3, -0.25) is 4.79 Å². The zero-order valence-electron chi connectivity index (χ0n) is 6.83. The molecule has 1 aromatic rings. The summed E-state index contributed by atoms with van der Waals surface area (Å²) in [5, 5.41) is 0. The molecular weight excluding hydrogens is 336 g/mol. The summed E-state index contributed by atoms with van der Waals surface area (Å²) < 4.78 is 60.9. The normalized spacial score (nSPS) is 12.2. The van der Waals surface area contributed by atoms with E-state index in [9.17, 15) is 26.7 Å². The van der Waals surface area contributed by atoms with Gasteiger partial charge in [-0.1, -0.05) is 0 Å². The maximum atomic E-state index is 12.2. The van der Waals surface area contributed by atoms with E-state index in [1.165, 1.54) is 27.6 Å². The van der Waals surface area contributed by atoms with Crippen molar-refractivity contribution in [1.29, 1.82) is 0 Å². The highest BCUT2D eigenvalue weighted by Gasteiger charge is 2.37. The number of rotatable bonds is 1. The minimum absolute atomic E-state index is 0.212. The smallest absolute Gasteiger partial charge is 0.317 e. The molecule has 0 unspecified atom stereocenters. The summed E-state index contributed by atoms with van der Waals surface area (Å²) in [6.07, 6.45) is -8.28. The number of pyridine rings is 1. The second kappa shape index (κ2) is 4.06. The third kappa shape index (κ3) is 2.67. The van der Waals surface area contributed by atoms with E-state index in [4.69, 9.17) is 0 Å². The average Bonchev–Trinajstić information content (AvgIpc) is 2.06. The topological polar surface area (TPSA) is 32.9 Å². The van der Waals surface area contributed by atoms with Gasteiger partial charge in [0.25, 0.3) is 12.0 Å². The summed E-state index contributed by atoms with van der Waals surface area (Å²) in [7, 11) is 0. The Kier molecular flexibility index (Phi) is 3.36. The predicted molar refractivity (Wildman–Crippen MR) is 49.7 cm³/mol. The van der Waals surface area contributed by atoms with Crippen molar-refractivity contribution < 1.29 is 22.0 Å². The fourth-order valence-corrected chi connectivity index (χ4v) is 1.40. The number of alkyl halides is 5. The van der Waals surface area contributed by atoms with E-state index < -0.39 is 29.4 Å². The van der Waals surface area contributed by atoms with E-state index >= 15 is 0 Å². The Hall–Kier alpha value is -0.670. The van der Waals surface area contributed by atoms with Crippen LogP contribution in [0.2, 0.25) is 0 Å². The third-order valence-electron chi connectivity index (χ3n) is 1.54. The first kappa shape index (κ1) is 12.4. The monoisotopic (exact) mass is 339 g/mol. The third-order valence-corrected chi connectivity index (χ3v) is 2.35. The fourth-order valence-electron chi connectivity index (χ4n) is 0.926. The van der Waals surface area contributed by atoms with Gasteiger partial charge in [-0.15, -0.1) is 0 Å². The minimum atomic E-state index is -4.99. The minimum Gasteiger partial charge on any atom is -0.317 e. The van der Waals surface area contributed by atoms with E-state index in [0.29, 0.717) is 6.07 Å². The van der Waals surface area contributed by atoms with Crippen LogP contribution >= 0.6 is 22.6 Å². The Balaban J connectivity index is 3.49. The van der Waals surface area contributed by atoms with Crippen molar-refractivity contribution in [3.8, 4) is 0 Å². The number of aromatic amines is 1. The summed E-state index contributed by atoms with van der Waals surface area (Å²) in [5.41, 5.74) is -3.94. The predicted octanol–water partition coefficient (Wildman–Crippen LogP) is 2.94. The van der Waals surface area contributed by atoms with Crippen molar-refractivity contribution in [2.45, 2.75) is 12.6 Å². The van der Waals surface area contributed by atoms with E-state index in [-0.39, 0.29) is 3.57 Å². The molecule has 0 atom stereocenters. The summed E-state index contributed by atoms with van der Waals surface area (Å²) >= 11 is 1.38. The molecule has 84 valence electrons. The molecule has 1 rings (SSSR count). The van der Waals surface area contributed by atoms with Crippen LogP contribution in [-0.4, -0.2) is 4.98 Å². The number of aromatic nitrogens is 1. The number of nitrogens with one attached hydrogen (secondary N) is 1. The lowest BCUT2D eigenvalue weighted by Gasteiger charge is -2.11. The van der Waals surface area contributed by atoms with Crippen LogP contribution in [0.5, 0.6) is 0 Å². The Morgan fingerprint density at radius 1 is 1.33 bits per heavy atom. The van der Waals surface area contributed by atoms with Gasteiger partial charge in [0.15, 0.2) is 0 Å². The van der Waals surface area contributed by atoms with Crippen molar-refractivity contribution in [2.24, 2.45) is 0 Å². The molecule has 15 heavy (non-hydrogen) atoms. The highest BCUT2D eigenvalue weighted by Crippen LogP contribution is 2.34. The summed E-state index contributed by atoms with van der Waals surface area (Å²) in [5.74, 6) is 0. The molecule has 0 aromatic carbocycles. The highest BCUT2D eigenvalue weighted by atomic mass is 127. The Morgan fingerprint density at radius 2 is 1.87 bits per heavy atom. The zero-order valence-corrected chi connectivity index (χ0v) is 8.99. The fraction of sp³-hybridized carbons (Fsp3) is 0.286. The number of halogens is 6. The van der Waals surface area contributed by atoms with Gasteiger partial charge in [-0.2, -0.15) is 13.2 Å². The summed E-state index contributed by atoms with van der Waals surface area (Å²) in [6, 6.07) is 0.535. The van der Waals surface area contributed by atoms with Gasteiger partial charge in [0.1, 0.15) is 5.69 Å². The summed E-state index contributed by atoms with van der Waals surface area (Å²) in [6.45, 7) is 0. The largest absolute Gasteiger partial charge is 0.431 e. The van der Waals surface area contributed by atoms with E-state index in [0.717, 1.165) is 0 Å². The first-order valence-corrected chi connectivity index (χ1v) is 4.59. The van der Waals surface area contributed by atoms with E-state index in [1.54, 1.807) is 0 Å². The molecule has 1 heterocycles. The first-order chi connectivity index (χ1) is 6.73. The molecule has 0 spiro atoms. The molecule has 0 fully saturated rings. The van der Waals surface area contributed by atoms with Crippen molar-refractivity contribution in [3.63, 3.8) is 0 Å². The van der Waals surface area contributed by atoms with Crippen LogP contribution in [-0.2, 0) is 6.18 Å². The maximum absolute atomic E-state index is 12.2. The molecule has 1 aromatic heterocycles. The van der Waals surface area contributed by atoms with Crippen molar-refractivity contribution in [1.82, 2.24) is 4.98 Å². The molecule has 0 bridgehead atoms. The molecule has 0 aliphatic carbocycles. The lowest BCUT2D eigenvalue weighted by Crippen LogP contribution is -2.21. The Bertz CT molecular complexity index is 424. The zero-order chi connectivity index (χ0) is 11.8. The van der Waals surface area contributed by atoms with Crippen LogP contribution in [0.25, 0.3) is 0 Å². The molecule has 0 saturated heterocycles. The Morgan fingerprint density at radius 3 is 2.27 bits per heavy atom. The van der Waals surface area contributed by atoms with Crippen LogP contribution < -0.4 is 5.56 Å². The van der Waals surface area contributed by atoms with Crippen LogP contribution in [0.3, 0.4) is 0 Å². The van der Waals surface area contributed by atoms with Gasteiger partial charge in [0.05, 0.1) is 3.57 Å². The maximum Gasteiger partial charge on any atom is 0.431 e. The molecule has 0 amide bonds. The van der Waals surface area contributed by atoms with E-state index in [1.807, 2.05) is 0 Å². The van der Waals surface area contributed by atoms with E-state index in [2.05, 4.69) is 0 Å². The summed E-state index contributed by atoms with van der Waals surface area (Å²) in [4.78, 5) is 12.3. The second-order valence-electron chi connectivity index (χ2n) is 2.58. The lowest BCUT2D eigenvalue weighted by molar-refractivity contribution is -0.143.